The highest BCUT2D eigenvalue weighted by molar-refractivity contribution is 5.43. The van der Waals surface area contributed by atoms with E-state index in [1.165, 1.54) is 0 Å². The summed E-state index contributed by atoms with van der Waals surface area (Å²) in [5, 5.41) is 0. The molecule has 2 aromatic carbocycles. The van der Waals surface area contributed by atoms with Gasteiger partial charge < -0.3 is 19.9 Å². The van der Waals surface area contributed by atoms with Gasteiger partial charge in [0, 0.05) is 6.04 Å². The van der Waals surface area contributed by atoms with E-state index in [2.05, 4.69) is 0 Å². The standard InChI is InChI=1S/C19H25NO3/c1-4-22-19-12-15(10-14(2)20)8-9-18(19)23-13-16-6-5-7-17(11-16)21-3/h5-9,11-12,14H,4,10,13,20H2,1-3H3. The molecule has 2 rings (SSSR count). The van der Waals surface area contributed by atoms with Gasteiger partial charge in [0.2, 0.25) is 0 Å². The van der Waals surface area contributed by atoms with Crippen molar-refractivity contribution in [3.8, 4) is 17.2 Å². The zero-order chi connectivity index (χ0) is 16.7. The highest BCUT2D eigenvalue weighted by atomic mass is 16.5. The van der Waals surface area contributed by atoms with Crippen molar-refractivity contribution in [2.24, 2.45) is 5.73 Å². The van der Waals surface area contributed by atoms with Crippen LogP contribution in [0.5, 0.6) is 17.2 Å². The second-order valence-electron chi connectivity index (χ2n) is 5.54. The lowest BCUT2D eigenvalue weighted by atomic mass is 10.1. The second-order valence-corrected chi connectivity index (χ2v) is 5.54. The Morgan fingerprint density at radius 2 is 1.83 bits per heavy atom. The number of ether oxygens (including phenoxy) is 3. The zero-order valence-electron chi connectivity index (χ0n) is 14.0. The fourth-order valence-corrected chi connectivity index (χ4v) is 2.36. The van der Waals surface area contributed by atoms with Crippen LogP contribution in [0.25, 0.3) is 0 Å². The van der Waals surface area contributed by atoms with Crippen LogP contribution < -0.4 is 19.9 Å². The Morgan fingerprint density at radius 3 is 2.52 bits per heavy atom. The van der Waals surface area contributed by atoms with Gasteiger partial charge in [0.25, 0.3) is 0 Å². The summed E-state index contributed by atoms with van der Waals surface area (Å²) in [5.74, 6) is 2.32. The number of nitrogens with two attached hydrogens (primary N) is 1. The van der Waals surface area contributed by atoms with E-state index in [1.807, 2.05) is 56.3 Å². The molecule has 4 nitrogen and oxygen atoms in total. The Morgan fingerprint density at radius 1 is 1.00 bits per heavy atom. The minimum absolute atomic E-state index is 0.119. The van der Waals surface area contributed by atoms with Crippen molar-refractivity contribution in [1.82, 2.24) is 0 Å². The molecule has 0 spiro atoms. The minimum Gasteiger partial charge on any atom is -0.497 e. The van der Waals surface area contributed by atoms with Gasteiger partial charge in [-0.15, -0.1) is 0 Å². The summed E-state index contributed by atoms with van der Waals surface area (Å²) >= 11 is 0. The number of methoxy groups -OCH3 is 1. The van der Waals surface area contributed by atoms with Crippen LogP contribution in [0.4, 0.5) is 0 Å². The van der Waals surface area contributed by atoms with Crippen LogP contribution in [0.2, 0.25) is 0 Å². The molecule has 1 unspecified atom stereocenters. The Balaban J connectivity index is 2.11. The van der Waals surface area contributed by atoms with Crippen molar-refractivity contribution < 1.29 is 14.2 Å². The molecular formula is C19H25NO3. The average molecular weight is 315 g/mol. The maximum atomic E-state index is 5.92. The highest BCUT2D eigenvalue weighted by Crippen LogP contribution is 2.30. The molecule has 0 amide bonds. The summed E-state index contributed by atoms with van der Waals surface area (Å²) in [6.45, 7) is 5.01. The van der Waals surface area contributed by atoms with Gasteiger partial charge in [-0.2, -0.15) is 0 Å². The van der Waals surface area contributed by atoms with Gasteiger partial charge in [0.05, 0.1) is 13.7 Å². The Kier molecular flexibility index (Phi) is 6.29. The molecule has 0 bridgehead atoms. The Bertz CT molecular complexity index is 626. The predicted octanol–water partition coefficient (Wildman–Crippen LogP) is 3.56. The molecule has 2 N–H and O–H groups in total. The first-order chi connectivity index (χ1) is 11.1. The summed E-state index contributed by atoms with van der Waals surface area (Å²) in [4.78, 5) is 0. The Labute approximate surface area is 138 Å². The maximum absolute atomic E-state index is 5.92. The van der Waals surface area contributed by atoms with Gasteiger partial charge in [-0.1, -0.05) is 18.2 Å². The van der Waals surface area contributed by atoms with Gasteiger partial charge in [0.15, 0.2) is 11.5 Å². The highest BCUT2D eigenvalue weighted by Gasteiger charge is 2.08. The van der Waals surface area contributed by atoms with E-state index in [1.54, 1.807) is 7.11 Å². The van der Waals surface area contributed by atoms with E-state index in [0.29, 0.717) is 13.2 Å². The SMILES string of the molecule is CCOc1cc(CC(C)N)ccc1OCc1cccc(OC)c1. The minimum atomic E-state index is 0.119. The largest absolute Gasteiger partial charge is 0.497 e. The molecule has 0 aliphatic heterocycles. The van der Waals surface area contributed by atoms with Crippen LogP contribution in [-0.4, -0.2) is 19.8 Å². The summed E-state index contributed by atoms with van der Waals surface area (Å²) in [6, 6.07) is 13.9. The molecular weight excluding hydrogens is 290 g/mol. The van der Waals surface area contributed by atoms with E-state index < -0.39 is 0 Å². The van der Waals surface area contributed by atoms with E-state index >= 15 is 0 Å². The van der Waals surface area contributed by atoms with Gasteiger partial charge in [0.1, 0.15) is 12.4 Å². The molecule has 0 aromatic heterocycles. The summed E-state index contributed by atoms with van der Waals surface area (Å²) in [7, 11) is 1.66. The fourth-order valence-electron chi connectivity index (χ4n) is 2.36. The monoisotopic (exact) mass is 315 g/mol. The van der Waals surface area contributed by atoms with Crippen LogP contribution in [0.15, 0.2) is 42.5 Å². The molecule has 1 atom stereocenters. The third kappa shape index (κ3) is 5.18. The van der Waals surface area contributed by atoms with Crippen LogP contribution in [0.3, 0.4) is 0 Å². The fraction of sp³-hybridized carbons (Fsp3) is 0.368. The number of hydrogen-bond donors (Lipinski definition) is 1. The molecule has 0 radical (unpaired) electrons. The lowest BCUT2D eigenvalue weighted by Gasteiger charge is -2.14. The first-order valence-corrected chi connectivity index (χ1v) is 7.89. The molecule has 4 heteroatoms. The quantitative estimate of drug-likeness (QED) is 0.809. The molecule has 0 aliphatic rings. The summed E-state index contributed by atoms with van der Waals surface area (Å²) < 4.78 is 16.9. The van der Waals surface area contributed by atoms with Crippen molar-refractivity contribution >= 4 is 0 Å². The molecule has 0 fully saturated rings. The zero-order valence-corrected chi connectivity index (χ0v) is 14.0. The first-order valence-electron chi connectivity index (χ1n) is 7.89. The topological polar surface area (TPSA) is 53.7 Å². The lowest BCUT2D eigenvalue weighted by Crippen LogP contribution is -2.17. The average Bonchev–Trinajstić information content (AvgIpc) is 2.54. The predicted molar refractivity (Wildman–Crippen MR) is 92.3 cm³/mol. The van der Waals surface area contributed by atoms with Crippen molar-refractivity contribution in [1.29, 1.82) is 0 Å². The van der Waals surface area contributed by atoms with Gasteiger partial charge in [-0.3, -0.25) is 0 Å². The maximum Gasteiger partial charge on any atom is 0.161 e. The molecule has 0 saturated carbocycles. The van der Waals surface area contributed by atoms with Gasteiger partial charge in [-0.25, -0.2) is 0 Å². The Hall–Kier alpha value is -2.20. The van der Waals surface area contributed by atoms with Gasteiger partial charge in [-0.05, 0) is 55.7 Å². The number of hydrogen-bond acceptors (Lipinski definition) is 4. The molecule has 0 heterocycles. The van der Waals surface area contributed by atoms with Crippen LogP contribution >= 0.6 is 0 Å². The third-order valence-electron chi connectivity index (χ3n) is 3.39. The van der Waals surface area contributed by atoms with Crippen molar-refractivity contribution in [2.75, 3.05) is 13.7 Å². The molecule has 124 valence electrons. The number of rotatable bonds is 8. The number of benzene rings is 2. The van der Waals surface area contributed by atoms with Crippen LogP contribution in [0.1, 0.15) is 25.0 Å². The van der Waals surface area contributed by atoms with E-state index in [9.17, 15) is 0 Å². The van der Waals surface area contributed by atoms with Crippen molar-refractivity contribution in [3.05, 3.63) is 53.6 Å². The van der Waals surface area contributed by atoms with E-state index in [-0.39, 0.29) is 6.04 Å². The lowest BCUT2D eigenvalue weighted by molar-refractivity contribution is 0.268. The smallest absolute Gasteiger partial charge is 0.161 e. The van der Waals surface area contributed by atoms with Crippen molar-refractivity contribution in [3.63, 3.8) is 0 Å². The van der Waals surface area contributed by atoms with E-state index in [0.717, 1.165) is 34.8 Å². The first kappa shape index (κ1) is 17.2. The van der Waals surface area contributed by atoms with Crippen LogP contribution in [-0.2, 0) is 13.0 Å². The molecule has 0 saturated heterocycles. The summed E-state index contributed by atoms with van der Waals surface area (Å²) in [6.07, 6.45) is 0.816. The molecule has 2 aromatic rings. The third-order valence-corrected chi connectivity index (χ3v) is 3.39. The van der Waals surface area contributed by atoms with Gasteiger partial charge >= 0.3 is 0 Å². The molecule has 0 aliphatic carbocycles. The van der Waals surface area contributed by atoms with Crippen LogP contribution in [0, 0.1) is 0 Å². The van der Waals surface area contributed by atoms with Crippen molar-refractivity contribution in [2.45, 2.75) is 32.9 Å². The molecule has 23 heavy (non-hydrogen) atoms. The summed E-state index contributed by atoms with van der Waals surface area (Å²) in [5.41, 5.74) is 8.06. The second kappa shape index (κ2) is 8.44. The van der Waals surface area contributed by atoms with E-state index in [4.69, 9.17) is 19.9 Å². The normalized spacial score (nSPS) is 11.8.